The fourth-order valence-corrected chi connectivity index (χ4v) is 3.16. The molecule has 0 aromatic heterocycles. The van der Waals surface area contributed by atoms with Crippen molar-refractivity contribution in [2.75, 3.05) is 26.7 Å². The first-order valence-electron chi connectivity index (χ1n) is 10.2. The van der Waals surface area contributed by atoms with E-state index >= 15 is 0 Å². The predicted octanol–water partition coefficient (Wildman–Crippen LogP) is 2.13. The van der Waals surface area contributed by atoms with Gasteiger partial charge in [-0.15, -0.1) is 0 Å². The first kappa shape index (κ1) is 24.2. The summed E-state index contributed by atoms with van der Waals surface area (Å²) < 4.78 is 15.3. The zero-order valence-corrected chi connectivity index (χ0v) is 18.5. The number of nitrogens with zero attached hydrogens (tertiary/aromatic N) is 2. The lowest BCUT2D eigenvalue weighted by Gasteiger charge is -2.39. The number of methoxy groups -OCH3 is 1. The number of carbonyl (C=O) groups excluding carboxylic acids is 4. The Morgan fingerprint density at radius 1 is 1.06 bits per heavy atom. The molecule has 2 rings (SSSR count). The summed E-state index contributed by atoms with van der Waals surface area (Å²) in [7, 11) is 1.24. The Morgan fingerprint density at radius 2 is 1.74 bits per heavy atom. The third-order valence-corrected chi connectivity index (χ3v) is 4.61. The highest BCUT2D eigenvalue weighted by atomic mass is 16.6. The largest absolute Gasteiger partial charge is 0.468 e. The topological polar surface area (TPSA) is 102 Å². The second kappa shape index (κ2) is 10.8. The fraction of sp³-hybridized carbons (Fsp3) is 0.545. The Morgan fingerprint density at radius 3 is 2.35 bits per heavy atom. The van der Waals surface area contributed by atoms with E-state index in [1.807, 2.05) is 30.3 Å². The van der Waals surface area contributed by atoms with Crippen molar-refractivity contribution in [2.45, 2.75) is 51.9 Å². The maximum atomic E-state index is 13.0. The van der Waals surface area contributed by atoms with Crippen LogP contribution in [0.1, 0.15) is 39.2 Å². The molecular weight excluding hydrogens is 404 g/mol. The summed E-state index contributed by atoms with van der Waals surface area (Å²) >= 11 is 0. The van der Waals surface area contributed by atoms with E-state index in [0.717, 1.165) is 5.56 Å². The Labute approximate surface area is 182 Å². The van der Waals surface area contributed by atoms with Crippen molar-refractivity contribution in [1.29, 1.82) is 0 Å². The number of piperazine rings is 1. The number of esters is 2. The molecule has 31 heavy (non-hydrogen) atoms. The summed E-state index contributed by atoms with van der Waals surface area (Å²) in [5.41, 5.74) is 0.163. The SMILES string of the molecule is COC(=O)CN1CCN(C(=O)OCc2ccccc2)[C@@H](CCC(=O)OC(C)(C)C)C1=O. The molecule has 1 aliphatic heterocycles. The molecule has 1 aliphatic rings. The van der Waals surface area contributed by atoms with Crippen LogP contribution in [-0.4, -0.2) is 72.1 Å². The van der Waals surface area contributed by atoms with Crippen molar-refractivity contribution < 1.29 is 33.4 Å². The second-order valence-electron chi connectivity index (χ2n) is 8.21. The predicted molar refractivity (Wildman–Crippen MR) is 111 cm³/mol. The van der Waals surface area contributed by atoms with Gasteiger partial charge in [-0.2, -0.15) is 0 Å². The minimum Gasteiger partial charge on any atom is -0.468 e. The van der Waals surface area contributed by atoms with Crippen molar-refractivity contribution in [3.05, 3.63) is 35.9 Å². The standard InChI is InChI=1S/C22H30N2O7/c1-22(2,3)31-18(25)11-10-17-20(27)23(14-19(26)29-4)12-13-24(17)21(28)30-15-16-8-6-5-7-9-16/h5-9,17H,10-15H2,1-4H3/t17-/m0/s1. The molecule has 170 valence electrons. The lowest BCUT2D eigenvalue weighted by Crippen LogP contribution is -2.59. The zero-order chi connectivity index (χ0) is 23.0. The molecule has 1 saturated heterocycles. The quantitative estimate of drug-likeness (QED) is 0.478. The lowest BCUT2D eigenvalue weighted by molar-refractivity contribution is -0.157. The van der Waals surface area contributed by atoms with Gasteiger partial charge in [0.1, 0.15) is 24.8 Å². The normalized spacial score (nSPS) is 16.6. The Hall–Kier alpha value is -3.10. The van der Waals surface area contributed by atoms with Gasteiger partial charge in [0.05, 0.1) is 7.11 Å². The summed E-state index contributed by atoms with van der Waals surface area (Å²) in [5.74, 6) is -1.46. The van der Waals surface area contributed by atoms with Crippen molar-refractivity contribution in [1.82, 2.24) is 9.80 Å². The van der Waals surface area contributed by atoms with Gasteiger partial charge >= 0.3 is 18.0 Å². The molecule has 0 bridgehead atoms. The number of rotatable bonds is 7. The van der Waals surface area contributed by atoms with Crippen LogP contribution in [0.5, 0.6) is 0 Å². The van der Waals surface area contributed by atoms with E-state index in [2.05, 4.69) is 4.74 Å². The van der Waals surface area contributed by atoms with Crippen molar-refractivity contribution in [3.8, 4) is 0 Å². The smallest absolute Gasteiger partial charge is 0.410 e. The van der Waals surface area contributed by atoms with Crippen molar-refractivity contribution in [3.63, 3.8) is 0 Å². The van der Waals surface area contributed by atoms with E-state index in [0.29, 0.717) is 0 Å². The van der Waals surface area contributed by atoms with Crippen molar-refractivity contribution >= 4 is 23.9 Å². The van der Waals surface area contributed by atoms with Gasteiger partial charge in [0.15, 0.2) is 0 Å². The molecule has 0 unspecified atom stereocenters. The Balaban J connectivity index is 2.08. The third kappa shape index (κ3) is 7.58. The fourth-order valence-electron chi connectivity index (χ4n) is 3.16. The monoisotopic (exact) mass is 434 g/mol. The third-order valence-electron chi connectivity index (χ3n) is 4.61. The van der Waals surface area contributed by atoms with Crippen LogP contribution < -0.4 is 0 Å². The summed E-state index contributed by atoms with van der Waals surface area (Å²) in [6.45, 7) is 5.44. The molecule has 1 aromatic rings. The summed E-state index contributed by atoms with van der Waals surface area (Å²) in [4.78, 5) is 52.1. The maximum Gasteiger partial charge on any atom is 0.410 e. The van der Waals surface area contributed by atoms with Crippen LogP contribution in [0.3, 0.4) is 0 Å². The van der Waals surface area contributed by atoms with Gasteiger partial charge in [0.2, 0.25) is 5.91 Å². The molecule has 2 amide bonds. The first-order valence-corrected chi connectivity index (χ1v) is 10.2. The van der Waals surface area contributed by atoms with Crippen LogP contribution in [0, 0.1) is 0 Å². The average Bonchev–Trinajstić information content (AvgIpc) is 2.71. The number of benzene rings is 1. The summed E-state index contributed by atoms with van der Waals surface area (Å²) in [6, 6.07) is 8.25. The molecule has 9 heteroatoms. The van der Waals surface area contributed by atoms with Crippen LogP contribution in [0.15, 0.2) is 30.3 Å². The number of amides is 2. The van der Waals surface area contributed by atoms with E-state index in [9.17, 15) is 19.2 Å². The zero-order valence-electron chi connectivity index (χ0n) is 18.5. The highest BCUT2D eigenvalue weighted by molar-refractivity contribution is 5.89. The summed E-state index contributed by atoms with van der Waals surface area (Å²) in [6.07, 6.45) is -0.641. The molecule has 0 radical (unpaired) electrons. The minimum atomic E-state index is -0.936. The molecule has 1 atom stereocenters. The Kier molecular flexibility index (Phi) is 8.41. The van der Waals surface area contributed by atoms with Crippen molar-refractivity contribution in [2.24, 2.45) is 0 Å². The van der Waals surface area contributed by atoms with Crippen LogP contribution in [-0.2, 0) is 35.2 Å². The highest BCUT2D eigenvalue weighted by Gasteiger charge is 2.39. The molecule has 0 N–H and O–H groups in total. The lowest BCUT2D eigenvalue weighted by atomic mass is 10.1. The van der Waals surface area contributed by atoms with E-state index < -0.39 is 35.6 Å². The molecule has 0 spiro atoms. The van der Waals surface area contributed by atoms with Gasteiger partial charge in [-0.25, -0.2) is 4.79 Å². The molecule has 9 nitrogen and oxygen atoms in total. The highest BCUT2D eigenvalue weighted by Crippen LogP contribution is 2.20. The van der Waals surface area contributed by atoms with Gasteiger partial charge < -0.3 is 19.1 Å². The average molecular weight is 434 g/mol. The van der Waals surface area contributed by atoms with E-state index in [1.165, 1.54) is 16.9 Å². The second-order valence-corrected chi connectivity index (χ2v) is 8.21. The van der Waals surface area contributed by atoms with Crippen LogP contribution >= 0.6 is 0 Å². The molecule has 1 heterocycles. The number of hydrogen-bond acceptors (Lipinski definition) is 7. The van der Waals surface area contributed by atoms with E-state index in [4.69, 9.17) is 9.47 Å². The maximum absolute atomic E-state index is 13.0. The number of ether oxygens (including phenoxy) is 3. The molecule has 0 aliphatic carbocycles. The van der Waals surface area contributed by atoms with Crippen LogP contribution in [0.25, 0.3) is 0 Å². The van der Waals surface area contributed by atoms with Gasteiger partial charge in [0, 0.05) is 19.5 Å². The Bertz CT molecular complexity index is 789. The minimum absolute atomic E-state index is 0.0534. The van der Waals surface area contributed by atoms with Crippen LogP contribution in [0.4, 0.5) is 4.79 Å². The van der Waals surface area contributed by atoms with Gasteiger partial charge in [-0.05, 0) is 32.8 Å². The van der Waals surface area contributed by atoms with Gasteiger partial charge in [-0.1, -0.05) is 30.3 Å². The number of hydrogen-bond donors (Lipinski definition) is 0. The molecule has 1 fully saturated rings. The van der Waals surface area contributed by atoms with Gasteiger partial charge in [0.25, 0.3) is 0 Å². The number of carbonyl (C=O) groups is 4. The first-order chi connectivity index (χ1) is 14.6. The molecule has 0 saturated carbocycles. The van der Waals surface area contributed by atoms with Crippen LogP contribution in [0.2, 0.25) is 0 Å². The summed E-state index contributed by atoms with van der Waals surface area (Å²) in [5, 5.41) is 0. The van der Waals surface area contributed by atoms with E-state index in [1.54, 1.807) is 20.8 Å². The molecule has 1 aromatic carbocycles. The molecular formula is C22H30N2O7. The van der Waals surface area contributed by atoms with E-state index in [-0.39, 0.29) is 39.1 Å². The van der Waals surface area contributed by atoms with Gasteiger partial charge in [-0.3, -0.25) is 19.3 Å².